The number of Topliss-reactive ketones (excluding diaryl/α,β-unsaturated/α-hetero) is 1. The molecule has 2 amide bonds. The fourth-order valence-electron chi connectivity index (χ4n) is 4.49. The maximum atomic E-state index is 13.1. The Morgan fingerprint density at radius 1 is 1.06 bits per heavy atom. The third kappa shape index (κ3) is 6.22. The van der Waals surface area contributed by atoms with Crippen LogP contribution in [0.1, 0.15) is 77.4 Å². The molecular formula is C28H35N3O5. The van der Waals surface area contributed by atoms with Crippen LogP contribution in [0, 0.1) is 5.92 Å². The Bertz CT molecular complexity index is 1240. The summed E-state index contributed by atoms with van der Waals surface area (Å²) < 4.78 is 6.99. The van der Waals surface area contributed by atoms with E-state index < -0.39 is 17.1 Å². The van der Waals surface area contributed by atoms with Crippen LogP contribution >= 0.6 is 0 Å². The van der Waals surface area contributed by atoms with Crippen molar-refractivity contribution < 1.29 is 19.1 Å². The Morgan fingerprint density at radius 3 is 2.39 bits per heavy atom. The first-order chi connectivity index (χ1) is 17.0. The van der Waals surface area contributed by atoms with Crippen LogP contribution in [0.4, 0.5) is 4.79 Å². The number of fused-ring (bicyclic) bond motifs is 1. The molecule has 2 heterocycles. The first-order valence-corrected chi connectivity index (χ1v) is 12.6. The highest BCUT2D eigenvalue weighted by Gasteiger charge is 2.27. The molecule has 8 nitrogen and oxygen atoms in total. The Labute approximate surface area is 211 Å². The van der Waals surface area contributed by atoms with E-state index in [1.807, 2.05) is 32.9 Å². The molecular weight excluding hydrogens is 458 g/mol. The highest BCUT2D eigenvalue weighted by molar-refractivity contribution is 6.00. The molecule has 4 rings (SSSR count). The lowest BCUT2D eigenvalue weighted by molar-refractivity contribution is 0.0258. The first kappa shape index (κ1) is 25.7. The smallest absolute Gasteiger partial charge is 0.410 e. The van der Waals surface area contributed by atoms with Gasteiger partial charge in [-0.05, 0) is 75.1 Å². The zero-order valence-corrected chi connectivity index (χ0v) is 21.6. The van der Waals surface area contributed by atoms with Crippen molar-refractivity contribution in [3.8, 4) is 0 Å². The van der Waals surface area contributed by atoms with Crippen LogP contribution < -0.4 is 10.9 Å². The van der Waals surface area contributed by atoms with Gasteiger partial charge in [-0.3, -0.25) is 14.4 Å². The molecule has 0 bridgehead atoms. The maximum Gasteiger partial charge on any atom is 0.410 e. The minimum Gasteiger partial charge on any atom is -0.444 e. The number of benzene rings is 1. The van der Waals surface area contributed by atoms with Crippen molar-refractivity contribution in [2.24, 2.45) is 5.92 Å². The Morgan fingerprint density at radius 2 is 1.75 bits per heavy atom. The molecule has 1 N–H and O–H groups in total. The number of pyridine rings is 1. The summed E-state index contributed by atoms with van der Waals surface area (Å²) in [7, 11) is 1.47. The topological polar surface area (TPSA) is 97.7 Å². The van der Waals surface area contributed by atoms with Gasteiger partial charge in [0.15, 0.2) is 5.78 Å². The van der Waals surface area contributed by atoms with Crippen LogP contribution in [-0.4, -0.2) is 53.0 Å². The summed E-state index contributed by atoms with van der Waals surface area (Å²) in [6, 6.07) is 7.48. The second-order valence-corrected chi connectivity index (χ2v) is 10.8. The number of nitrogens with zero attached hydrogens (tertiary/aromatic N) is 2. The molecule has 36 heavy (non-hydrogen) atoms. The zero-order valence-electron chi connectivity index (χ0n) is 21.6. The molecule has 1 aromatic heterocycles. The van der Waals surface area contributed by atoms with Crippen molar-refractivity contribution in [3.05, 3.63) is 68.6 Å². The second-order valence-electron chi connectivity index (χ2n) is 10.8. The lowest BCUT2D eigenvalue weighted by atomic mass is 10.00. The van der Waals surface area contributed by atoms with Gasteiger partial charge < -0.3 is 19.5 Å². The Hall–Kier alpha value is -3.42. The number of carbonyl (C=O) groups excluding carboxylic acids is 3. The van der Waals surface area contributed by atoms with E-state index in [4.69, 9.17) is 4.74 Å². The summed E-state index contributed by atoms with van der Waals surface area (Å²) in [4.78, 5) is 52.5. The van der Waals surface area contributed by atoms with Crippen molar-refractivity contribution in [1.82, 2.24) is 14.8 Å². The summed E-state index contributed by atoms with van der Waals surface area (Å²) in [5.74, 6) is -0.134. The van der Waals surface area contributed by atoms with E-state index in [2.05, 4.69) is 11.4 Å². The molecule has 1 saturated carbocycles. The lowest BCUT2D eigenvalue weighted by Crippen LogP contribution is -2.38. The predicted octanol–water partition coefficient (Wildman–Crippen LogP) is 3.57. The molecule has 0 atom stereocenters. The number of ketones is 1. The Kier molecular flexibility index (Phi) is 7.33. The number of hydrogen-bond donors (Lipinski definition) is 1. The summed E-state index contributed by atoms with van der Waals surface area (Å²) in [5, 5.41) is 2.50. The van der Waals surface area contributed by atoms with Gasteiger partial charge in [0.1, 0.15) is 11.2 Å². The van der Waals surface area contributed by atoms with E-state index in [0.717, 1.165) is 36.0 Å². The molecule has 0 radical (unpaired) electrons. The van der Waals surface area contributed by atoms with Crippen LogP contribution in [0.2, 0.25) is 0 Å². The first-order valence-electron chi connectivity index (χ1n) is 12.6. The Balaban J connectivity index is 1.56. The molecule has 8 heteroatoms. The largest absolute Gasteiger partial charge is 0.444 e. The molecule has 1 aromatic carbocycles. The third-order valence-corrected chi connectivity index (χ3v) is 6.63. The highest BCUT2D eigenvalue weighted by Crippen LogP contribution is 2.33. The van der Waals surface area contributed by atoms with Crippen molar-refractivity contribution in [2.45, 2.75) is 65.0 Å². The summed E-state index contributed by atoms with van der Waals surface area (Å²) in [6.45, 7) is 6.95. The van der Waals surface area contributed by atoms with Crippen LogP contribution in [0.3, 0.4) is 0 Å². The molecule has 0 saturated heterocycles. The zero-order chi connectivity index (χ0) is 26.0. The molecule has 0 unspecified atom stereocenters. The normalized spacial score (nSPS) is 15.6. The monoisotopic (exact) mass is 493 g/mol. The van der Waals surface area contributed by atoms with Gasteiger partial charge in [0.05, 0.1) is 6.54 Å². The number of ether oxygens (including phenoxy) is 1. The van der Waals surface area contributed by atoms with Gasteiger partial charge in [0, 0.05) is 38.3 Å². The van der Waals surface area contributed by atoms with Gasteiger partial charge >= 0.3 is 6.09 Å². The number of carbonyl (C=O) groups is 3. The van der Waals surface area contributed by atoms with Crippen LogP contribution in [-0.2, 0) is 24.1 Å². The van der Waals surface area contributed by atoms with Crippen molar-refractivity contribution in [1.29, 1.82) is 0 Å². The van der Waals surface area contributed by atoms with E-state index in [1.165, 1.54) is 17.7 Å². The van der Waals surface area contributed by atoms with Crippen LogP contribution in [0.25, 0.3) is 0 Å². The third-order valence-electron chi connectivity index (χ3n) is 6.63. The number of rotatable bonds is 6. The fourth-order valence-corrected chi connectivity index (χ4v) is 4.49. The van der Waals surface area contributed by atoms with Gasteiger partial charge in [0.2, 0.25) is 0 Å². The van der Waals surface area contributed by atoms with Crippen molar-refractivity contribution >= 4 is 17.8 Å². The molecule has 2 aromatic rings. The number of nitrogens with one attached hydrogen (secondary N) is 1. The summed E-state index contributed by atoms with van der Waals surface area (Å²) >= 11 is 0. The standard InChI is InChI=1S/C28H35N3O5/c1-28(2,3)36-27(35)30-11-9-20-8-7-19(13-21(20)10-12-30)16-31-17-22(24(32)14-18-5-6-18)15-23(26(31)34)25(33)29-4/h7-8,13,15,17-18H,5-6,9-12,14,16H2,1-4H3,(H,29,33). The molecule has 2 aliphatic rings. The minimum atomic E-state index is -0.543. The lowest BCUT2D eigenvalue weighted by Gasteiger charge is -2.26. The molecule has 1 aliphatic carbocycles. The highest BCUT2D eigenvalue weighted by atomic mass is 16.6. The summed E-state index contributed by atoms with van der Waals surface area (Å²) in [5.41, 5.74) is 2.58. The molecule has 192 valence electrons. The quantitative estimate of drug-likeness (QED) is 0.621. The predicted molar refractivity (Wildman–Crippen MR) is 137 cm³/mol. The fraction of sp³-hybridized carbons (Fsp3) is 0.500. The SMILES string of the molecule is CNC(=O)c1cc(C(=O)CC2CC2)cn(Cc2ccc3c(c2)CCN(C(=O)OC(C)(C)C)CC3)c1=O. The average molecular weight is 494 g/mol. The number of amides is 2. The average Bonchev–Trinajstić information content (AvgIpc) is 3.65. The number of aromatic nitrogens is 1. The molecule has 1 fully saturated rings. The van der Waals surface area contributed by atoms with Gasteiger partial charge in [-0.2, -0.15) is 0 Å². The van der Waals surface area contributed by atoms with E-state index in [1.54, 1.807) is 11.1 Å². The van der Waals surface area contributed by atoms with E-state index in [-0.39, 0.29) is 24.0 Å². The molecule has 0 spiro atoms. The van der Waals surface area contributed by atoms with Gasteiger partial charge in [-0.15, -0.1) is 0 Å². The van der Waals surface area contributed by atoms with Crippen molar-refractivity contribution in [2.75, 3.05) is 20.1 Å². The van der Waals surface area contributed by atoms with Crippen molar-refractivity contribution in [3.63, 3.8) is 0 Å². The van der Waals surface area contributed by atoms with E-state index in [0.29, 0.717) is 37.4 Å². The van der Waals surface area contributed by atoms with E-state index >= 15 is 0 Å². The second kappa shape index (κ2) is 10.3. The summed E-state index contributed by atoms with van der Waals surface area (Å²) in [6.07, 6.45) is 5.22. The minimum absolute atomic E-state index is 0.0260. The van der Waals surface area contributed by atoms with E-state index in [9.17, 15) is 19.2 Å². The van der Waals surface area contributed by atoms with Crippen LogP contribution in [0.5, 0.6) is 0 Å². The van der Waals surface area contributed by atoms with Gasteiger partial charge in [0.25, 0.3) is 11.5 Å². The van der Waals surface area contributed by atoms with Gasteiger partial charge in [-0.1, -0.05) is 18.2 Å². The number of hydrogen-bond acceptors (Lipinski definition) is 5. The maximum absolute atomic E-state index is 13.1. The molecule has 1 aliphatic heterocycles. The van der Waals surface area contributed by atoms with Crippen LogP contribution in [0.15, 0.2) is 35.3 Å². The van der Waals surface area contributed by atoms with Gasteiger partial charge in [-0.25, -0.2) is 4.79 Å².